The molecular weight excluding hydrogens is 511 g/mol. The van der Waals surface area contributed by atoms with Crippen LogP contribution >= 0.6 is 0 Å². The molecule has 0 saturated carbocycles. The van der Waals surface area contributed by atoms with Gasteiger partial charge in [0.25, 0.3) is 0 Å². The Hall–Kier alpha value is 0.822. The molecule has 0 spiro atoms. The Labute approximate surface area is 156 Å². The van der Waals surface area contributed by atoms with Crippen molar-refractivity contribution in [1.82, 2.24) is 4.90 Å². The summed E-state index contributed by atoms with van der Waals surface area (Å²) in [5.41, 5.74) is 0. The van der Waals surface area contributed by atoms with Crippen molar-refractivity contribution < 1.29 is 67.5 Å². The van der Waals surface area contributed by atoms with Crippen LogP contribution in [0.2, 0.25) is 0 Å². The Balaban J connectivity index is -0.000000853. The monoisotopic (exact) mass is 530 g/mol. The van der Waals surface area contributed by atoms with E-state index in [0.717, 1.165) is 0 Å². The van der Waals surface area contributed by atoms with Crippen LogP contribution in [0.4, 0.5) is 4.79 Å². The molecule has 7 heteroatoms. The second-order valence-corrected chi connectivity index (χ2v) is 6.01. The topological polar surface area (TPSA) is 46.6 Å². The van der Waals surface area contributed by atoms with Crippen molar-refractivity contribution in [3.63, 3.8) is 0 Å². The van der Waals surface area contributed by atoms with Crippen molar-refractivity contribution in [3.05, 3.63) is 32.8 Å². The smallest absolute Gasteiger partial charge is 0.498 e. The Morgan fingerprint density at radius 2 is 2.21 bits per heavy atom. The molecule has 107 valence electrons. The van der Waals surface area contributed by atoms with Gasteiger partial charge in [0, 0.05) is 39.3 Å². The maximum Gasteiger partial charge on any atom is 2.00 e. The molecule has 1 aliphatic heterocycles. The fourth-order valence-corrected chi connectivity index (χ4v) is 1.69. The fourth-order valence-electron chi connectivity index (χ4n) is 1.27. The normalized spacial score (nSPS) is 20.8. The third-order valence-corrected chi connectivity index (χ3v) is 2.78. The van der Waals surface area contributed by atoms with Gasteiger partial charge in [0.05, 0.1) is 0 Å². The van der Waals surface area contributed by atoms with Gasteiger partial charge in [-0.15, -0.1) is 0 Å². The van der Waals surface area contributed by atoms with Crippen LogP contribution in [0.5, 0.6) is 0 Å². The number of hydrogen-bond acceptors (Lipinski definition) is 3. The SMILES string of the molecule is C=S([CH2-])(=O)CC=[C-]CCN1C[C@H]([CH2-])OC1=O.[CH3-].[W+2].[Y]. The number of amides is 1. The van der Waals surface area contributed by atoms with Crippen LogP contribution in [-0.4, -0.2) is 46.0 Å². The first kappa shape index (κ1) is 24.8. The average molecular weight is 530 g/mol. The summed E-state index contributed by atoms with van der Waals surface area (Å²) < 4.78 is 16.0. The van der Waals surface area contributed by atoms with E-state index < -0.39 is 9.52 Å². The Kier molecular flexibility index (Phi) is 15.0. The van der Waals surface area contributed by atoms with Crippen LogP contribution in [0.25, 0.3) is 0 Å². The van der Waals surface area contributed by atoms with E-state index >= 15 is 0 Å². The fraction of sp³-hybridized carbons (Fsp3) is 0.417. The van der Waals surface area contributed by atoms with E-state index in [9.17, 15) is 9.00 Å². The first-order valence-corrected chi connectivity index (χ1v) is 6.97. The average Bonchev–Trinajstić information content (AvgIpc) is 2.42. The molecule has 1 saturated heterocycles. The zero-order valence-corrected chi connectivity index (χ0v) is 17.8. The molecule has 1 amide bonds. The summed E-state index contributed by atoms with van der Waals surface area (Å²) in [5, 5.41) is 0. The second kappa shape index (κ2) is 11.5. The summed E-state index contributed by atoms with van der Waals surface area (Å²) in [6.07, 6.45) is 7.99. The van der Waals surface area contributed by atoms with Gasteiger partial charge in [-0.25, -0.2) is 4.79 Å². The minimum absolute atomic E-state index is 0. The second-order valence-electron chi connectivity index (χ2n) is 3.74. The van der Waals surface area contributed by atoms with Gasteiger partial charge < -0.3 is 30.1 Å². The minimum Gasteiger partial charge on any atom is -0.498 e. The molecule has 0 N–H and O–H groups in total. The summed E-state index contributed by atoms with van der Waals surface area (Å²) >= 11 is 0. The Bertz CT molecular complexity index is 384. The Morgan fingerprint density at radius 1 is 1.63 bits per heavy atom. The first-order valence-electron chi connectivity index (χ1n) is 4.90. The van der Waals surface area contributed by atoms with Gasteiger partial charge in [0.15, 0.2) is 0 Å². The minimum atomic E-state index is -2.23. The molecule has 2 atom stereocenters. The number of rotatable bonds is 5. The zero-order valence-electron chi connectivity index (χ0n) is 11.2. The van der Waals surface area contributed by atoms with E-state index in [1.807, 2.05) is 0 Å². The molecule has 1 aliphatic rings. The maximum atomic E-state index is 11.2. The molecule has 1 radical (unpaired) electrons. The molecule has 0 aromatic heterocycles. The van der Waals surface area contributed by atoms with Gasteiger partial charge in [-0.3, -0.25) is 16.5 Å². The van der Waals surface area contributed by atoms with Crippen LogP contribution in [-0.2, 0) is 68.0 Å². The van der Waals surface area contributed by atoms with Crippen LogP contribution in [0.3, 0.4) is 0 Å². The van der Waals surface area contributed by atoms with Crippen LogP contribution < -0.4 is 0 Å². The molecule has 1 unspecified atom stereocenters. The van der Waals surface area contributed by atoms with Crippen molar-refractivity contribution in [3.8, 4) is 0 Å². The third kappa shape index (κ3) is 11.2. The molecule has 4 nitrogen and oxygen atoms in total. The molecule has 1 rings (SSSR count). The summed E-state index contributed by atoms with van der Waals surface area (Å²) in [6, 6.07) is 0. The van der Waals surface area contributed by atoms with E-state index in [2.05, 4.69) is 25.1 Å². The number of nitrogens with zero attached hydrogens (tertiary/aromatic N) is 1. The van der Waals surface area contributed by atoms with E-state index in [4.69, 9.17) is 4.74 Å². The predicted molar refractivity (Wildman–Crippen MR) is 71.5 cm³/mol. The number of carbonyl (C=O) groups excluding carboxylic acids is 1. The summed E-state index contributed by atoms with van der Waals surface area (Å²) in [4.78, 5) is 12.7. The summed E-state index contributed by atoms with van der Waals surface area (Å²) in [7, 11) is -2.23. The van der Waals surface area contributed by atoms with Gasteiger partial charge in [-0.1, -0.05) is 5.87 Å². The van der Waals surface area contributed by atoms with Gasteiger partial charge in [0.1, 0.15) is 0 Å². The van der Waals surface area contributed by atoms with E-state index in [1.54, 1.807) is 11.0 Å². The van der Waals surface area contributed by atoms with Crippen LogP contribution in [0.1, 0.15) is 6.42 Å². The molecule has 1 heterocycles. The molecule has 0 aliphatic carbocycles. The van der Waals surface area contributed by atoms with Gasteiger partial charge in [0.2, 0.25) is 0 Å². The molecular formula is C12H19NO3SWY-2. The van der Waals surface area contributed by atoms with E-state index in [-0.39, 0.29) is 73.4 Å². The third-order valence-electron chi connectivity index (χ3n) is 2.01. The number of hydrogen-bond donors (Lipinski definition) is 0. The maximum absolute atomic E-state index is 11.2. The summed E-state index contributed by atoms with van der Waals surface area (Å²) in [5.74, 6) is 3.73. The van der Waals surface area contributed by atoms with E-state index in [1.165, 1.54) is 0 Å². The molecule has 1 fully saturated rings. The molecule has 0 aromatic carbocycles. The Morgan fingerprint density at radius 3 is 2.63 bits per heavy atom. The standard InChI is InChI=1S/C11H16NO3S.CH3.W.Y/c1-10-9-12(11(13)15-10)7-5-4-6-8-16(2,3)14;;;/h6,10H,1-3,5,7-9H2;1H3;;/q-3;-1;+2;/t10-;;;/m0.../s1. The van der Waals surface area contributed by atoms with Crippen molar-refractivity contribution in [1.29, 1.82) is 0 Å². The van der Waals surface area contributed by atoms with Crippen molar-refractivity contribution >= 4 is 21.5 Å². The van der Waals surface area contributed by atoms with Crippen molar-refractivity contribution in [2.24, 2.45) is 0 Å². The molecule has 0 bridgehead atoms. The predicted octanol–water partition coefficient (Wildman–Crippen LogP) is 1.34. The van der Waals surface area contributed by atoms with E-state index in [0.29, 0.717) is 25.3 Å². The number of ether oxygens (including phenoxy) is 1. The van der Waals surface area contributed by atoms with Gasteiger partial charge in [-0.2, -0.15) is 15.9 Å². The molecule has 19 heavy (non-hydrogen) atoms. The van der Waals surface area contributed by atoms with Crippen LogP contribution in [0.15, 0.2) is 6.08 Å². The zero-order chi connectivity index (χ0) is 12.2. The van der Waals surface area contributed by atoms with Crippen molar-refractivity contribution in [2.75, 3.05) is 18.8 Å². The quantitative estimate of drug-likeness (QED) is 0.399. The van der Waals surface area contributed by atoms with Crippen molar-refractivity contribution in [2.45, 2.75) is 12.5 Å². The first-order chi connectivity index (χ1) is 7.38. The summed E-state index contributed by atoms with van der Waals surface area (Å²) in [6.45, 7) is 4.70. The number of cyclic esters (lactones) is 1. The van der Waals surface area contributed by atoms with Crippen LogP contribution in [0, 0.1) is 26.7 Å². The van der Waals surface area contributed by atoms with Gasteiger partial charge >= 0.3 is 27.2 Å². The largest absolute Gasteiger partial charge is 2.00 e. The van der Waals surface area contributed by atoms with Gasteiger partial charge in [-0.05, 0) is 18.4 Å². The number of carbonyl (C=O) groups is 1. The molecule has 0 aromatic rings.